The average molecular weight is 424 g/mol. The van der Waals surface area contributed by atoms with Gasteiger partial charge in [0.15, 0.2) is 6.61 Å². The Morgan fingerprint density at radius 1 is 1.23 bits per heavy atom. The van der Waals surface area contributed by atoms with Gasteiger partial charge in [-0.25, -0.2) is 4.79 Å². The first-order chi connectivity index (χ1) is 14.8. The van der Waals surface area contributed by atoms with Gasteiger partial charge in [-0.1, -0.05) is 30.3 Å². The number of aryl methyl sites for hydroxylation is 1. The van der Waals surface area contributed by atoms with E-state index in [-0.39, 0.29) is 17.6 Å². The first kappa shape index (κ1) is 22.5. The van der Waals surface area contributed by atoms with Crippen molar-refractivity contribution >= 4 is 23.7 Å². The van der Waals surface area contributed by atoms with Crippen LogP contribution in [0, 0.1) is 13.8 Å². The average Bonchev–Trinajstić information content (AvgIpc) is 3.35. The summed E-state index contributed by atoms with van der Waals surface area (Å²) < 4.78 is 13.0. The molecule has 2 aromatic rings. The summed E-state index contributed by atoms with van der Waals surface area (Å²) in [5.41, 5.74) is 3.03. The number of Topliss-reactive ketones (excluding diaryl/α,β-unsaturated/α-hetero) is 1. The molecule has 2 heterocycles. The van der Waals surface area contributed by atoms with Gasteiger partial charge in [0.25, 0.3) is 0 Å². The van der Waals surface area contributed by atoms with Crippen molar-refractivity contribution in [2.24, 2.45) is 0 Å². The normalized spacial score (nSPS) is 16.2. The van der Waals surface area contributed by atoms with E-state index in [0.29, 0.717) is 12.1 Å². The minimum absolute atomic E-state index is 0.0182. The molecule has 0 aliphatic carbocycles. The van der Waals surface area contributed by atoms with Gasteiger partial charge in [0, 0.05) is 37.0 Å². The molecule has 1 aromatic carbocycles. The van der Waals surface area contributed by atoms with E-state index >= 15 is 0 Å². The largest absolute Gasteiger partial charge is 0.453 e. The Hall–Kier alpha value is -3.19. The van der Waals surface area contributed by atoms with Crippen molar-refractivity contribution in [2.45, 2.75) is 46.3 Å². The third-order valence-electron chi connectivity index (χ3n) is 5.26. The lowest BCUT2D eigenvalue weighted by Crippen LogP contribution is -2.27. The lowest BCUT2D eigenvalue weighted by molar-refractivity contribution is -0.139. The van der Waals surface area contributed by atoms with Crippen LogP contribution < -0.4 is 5.32 Å². The molecule has 31 heavy (non-hydrogen) atoms. The first-order valence-electron chi connectivity index (χ1n) is 10.4. The van der Waals surface area contributed by atoms with Crippen LogP contribution in [0.1, 0.15) is 47.1 Å². The van der Waals surface area contributed by atoms with Crippen LogP contribution in [-0.2, 0) is 25.6 Å². The van der Waals surface area contributed by atoms with E-state index in [1.807, 2.05) is 38.1 Å². The SMILES string of the molecule is CC(=O)N/C(=C/c1ccccc1)C(=O)OCC(=O)c1cc(C)n(CC2CCCO2)c1C. The number of ether oxygens (including phenoxy) is 2. The van der Waals surface area contributed by atoms with Gasteiger partial charge in [-0.05, 0) is 44.4 Å². The fourth-order valence-corrected chi connectivity index (χ4v) is 3.69. The molecule has 164 valence electrons. The summed E-state index contributed by atoms with van der Waals surface area (Å²) in [4.78, 5) is 36.8. The monoisotopic (exact) mass is 424 g/mol. The molecule has 0 saturated carbocycles. The van der Waals surface area contributed by atoms with E-state index in [2.05, 4.69) is 9.88 Å². The zero-order valence-corrected chi connectivity index (χ0v) is 18.1. The number of benzene rings is 1. The van der Waals surface area contributed by atoms with Crippen LogP contribution in [0.5, 0.6) is 0 Å². The van der Waals surface area contributed by atoms with Crippen LogP contribution in [0.15, 0.2) is 42.1 Å². The van der Waals surface area contributed by atoms with E-state index in [0.717, 1.165) is 36.4 Å². The van der Waals surface area contributed by atoms with Crippen LogP contribution in [0.3, 0.4) is 0 Å². The molecule has 1 N–H and O–H groups in total. The summed E-state index contributed by atoms with van der Waals surface area (Å²) in [7, 11) is 0. The van der Waals surface area contributed by atoms with Gasteiger partial charge in [0.1, 0.15) is 5.70 Å². The zero-order valence-electron chi connectivity index (χ0n) is 18.1. The molecule has 1 aliphatic heterocycles. The molecule has 1 atom stereocenters. The maximum atomic E-state index is 12.7. The number of aromatic nitrogens is 1. The Labute approximate surface area is 182 Å². The topological polar surface area (TPSA) is 86.6 Å². The molecule has 0 radical (unpaired) electrons. The molecular weight excluding hydrogens is 396 g/mol. The Morgan fingerprint density at radius 2 is 1.97 bits per heavy atom. The third-order valence-corrected chi connectivity index (χ3v) is 5.26. The van der Waals surface area contributed by atoms with Crippen molar-refractivity contribution in [3.63, 3.8) is 0 Å². The molecule has 1 aliphatic rings. The highest BCUT2D eigenvalue weighted by molar-refractivity contribution is 6.02. The number of amides is 1. The number of hydrogen-bond acceptors (Lipinski definition) is 5. The summed E-state index contributed by atoms with van der Waals surface area (Å²) in [6.45, 7) is 6.21. The van der Waals surface area contributed by atoms with E-state index in [1.165, 1.54) is 13.0 Å². The molecule has 1 saturated heterocycles. The van der Waals surface area contributed by atoms with Crippen LogP contribution in [-0.4, -0.2) is 41.5 Å². The quantitative estimate of drug-likeness (QED) is 0.400. The Balaban J connectivity index is 1.68. The lowest BCUT2D eigenvalue weighted by Gasteiger charge is -2.14. The Kier molecular flexibility index (Phi) is 7.41. The number of hydrogen-bond donors (Lipinski definition) is 1. The smallest absolute Gasteiger partial charge is 0.355 e. The van der Waals surface area contributed by atoms with E-state index in [9.17, 15) is 14.4 Å². The second kappa shape index (κ2) is 10.2. The number of carbonyl (C=O) groups is 3. The van der Waals surface area contributed by atoms with Crippen molar-refractivity contribution in [3.8, 4) is 0 Å². The van der Waals surface area contributed by atoms with Crippen molar-refractivity contribution in [2.75, 3.05) is 13.2 Å². The molecule has 7 nitrogen and oxygen atoms in total. The second-order valence-electron chi connectivity index (χ2n) is 7.68. The third kappa shape index (κ3) is 5.92. The van der Waals surface area contributed by atoms with Gasteiger partial charge in [-0.3, -0.25) is 9.59 Å². The van der Waals surface area contributed by atoms with E-state index < -0.39 is 18.5 Å². The minimum atomic E-state index is -0.763. The summed E-state index contributed by atoms with van der Waals surface area (Å²) in [5, 5.41) is 2.47. The lowest BCUT2D eigenvalue weighted by atomic mass is 10.1. The van der Waals surface area contributed by atoms with Crippen LogP contribution in [0.25, 0.3) is 6.08 Å². The second-order valence-corrected chi connectivity index (χ2v) is 7.68. The van der Waals surface area contributed by atoms with Crippen molar-refractivity contribution in [1.29, 1.82) is 0 Å². The van der Waals surface area contributed by atoms with Crippen molar-refractivity contribution in [3.05, 3.63) is 64.6 Å². The summed E-state index contributed by atoms with van der Waals surface area (Å²) in [6.07, 6.45) is 3.74. The summed E-state index contributed by atoms with van der Waals surface area (Å²) in [6, 6.07) is 10.9. The maximum Gasteiger partial charge on any atom is 0.355 e. The summed E-state index contributed by atoms with van der Waals surface area (Å²) in [5.74, 6) is -1.45. The molecule has 1 fully saturated rings. The van der Waals surface area contributed by atoms with Gasteiger partial charge in [-0.2, -0.15) is 0 Å². The number of nitrogens with zero attached hydrogens (tertiary/aromatic N) is 1. The van der Waals surface area contributed by atoms with Gasteiger partial charge in [-0.15, -0.1) is 0 Å². The van der Waals surface area contributed by atoms with Gasteiger partial charge in [0.2, 0.25) is 11.7 Å². The molecule has 0 spiro atoms. The first-order valence-corrected chi connectivity index (χ1v) is 10.4. The van der Waals surface area contributed by atoms with Crippen molar-refractivity contribution < 1.29 is 23.9 Å². The molecule has 3 rings (SSSR count). The Bertz CT molecular complexity index is 985. The highest BCUT2D eigenvalue weighted by Crippen LogP contribution is 2.21. The number of nitrogens with one attached hydrogen (secondary N) is 1. The highest BCUT2D eigenvalue weighted by Gasteiger charge is 2.22. The predicted octanol–water partition coefficient (Wildman–Crippen LogP) is 3.19. The highest BCUT2D eigenvalue weighted by atomic mass is 16.5. The van der Waals surface area contributed by atoms with Gasteiger partial charge < -0.3 is 19.4 Å². The summed E-state index contributed by atoms with van der Waals surface area (Å²) >= 11 is 0. The van der Waals surface area contributed by atoms with E-state index in [4.69, 9.17) is 9.47 Å². The molecule has 0 bridgehead atoms. The fourth-order valence-electron chi connectivity index (χ4n) is 3.69. The van der Waals surface area contributed by atoms with Crippen molar-refractivity contribution in [1.82, 2.24) is 9.88 Å². The Morgan fingerprint density at radius 3 is 2.61 bits per heavy atom. The molecule has 7 heteroatoms. The predicted molar refractivity (Wildman–Crippen MR) is 116 cm³/mol. The van der Waals surface area contributed by atoms with Gasteiger partial charge in [0.05, 0.1) is 6.10 Å². The number of carbonyl (C=O) groups excluding carboxylic acids is 3. The number of rotatable bonds is 8. The number of esters is 1. The standard InChI is InChI=1S/C24H28N2O5/c1-16-12-21(17(2)26(16)14-20-10-7-11-30-20)23(28)15-31-24(29)22(25-18(3)27)13-19-8-5-4-6-9-19/h4-6,8-9,12-13,20H,7,10-11,14-15H2,1-3H3,(H,25,27)/b22-13+. The fraction of sp³-hybridized carbons (Fsp3) is 0.375. The molecule has 1 amide bonds. The zero-order chi connectivity index (χ0) is 22.4. The van der Waals surface area contributed by atoms with Crippen LogP contribution >= 0.6 is 0 Å². The minimum Gasteiger partial charge on any atom is -0.453 e. The van der Waals surface area contributed by atoms with Gasteiger partial charge >= 0.3 is 5.97 Å². The number of ketones is 1. The molecule has 1 aromatic heterocycles. The molecular formula is C24H28N2O5. The van der Waals surface area contributed by atoms with E-state index in [1.54, 1.807) is 12.1 Å². The van der Waals surface area contributed by atoms with Crippen LogP contribution in [0.4, 0.5) is 0 Å². The van der Waals surface area contributed by atoms with Crippen LogP contribution in [0.2, 0.25) is 0 Å². The maximum absolute atomic E-state index is 12.7. The molecule has 1 unspecified atom stereocenters.